The highest BCUT2D eigenvalue weighted by Crippen LogP contribution is 2.42. The average Bonchev–Trinajstić information content (AvgIpc) is 3.17. The zero-order chi connectivity index (χ0) is 14.3. The van der Waals surface area contributed by atoms with E-state index < -0.39 is 5.97 Å². The van der Waals surface area contributed by atoms with Crippen molar-refractivity contribution < 1.29 is 9.90 Å². The second-order valence-corrected chi connectivity index (χ2v) is 5.23. The van der Waals surface area contributed by atoms with Gasteiger partial charge in [-0.3, -0.25) is 0 Å². The van der Waals surface area contributed by atoms with Crippen LogP contribution in [0.25, 0.3) is 5.69 Å². The number of carboxylic acids is 1. The maximum atomic E-state index is 11.2. The quantitative estimate of drug-likeness (QED) is 0.920. The lowest BCUT2D eigenvalue weighted by molar-refractivity contribution is 0.0689. The van der Waals surface area contributed by atoms with E-state index in [9.17, 15) is 9.90 Å². The maximum absolute atomic E-state index is 11.2. The van der Waals surface area contributed by atoms with Crippen LogP contribution in [0.1, 0.15) is 34.9 Å². The molecule has 1 aliphatic rings. The summed E-state index contributed by atoms with van der Waals surface area (Å²) in [4.78, 5) is 13.2. The SMILES string of the molecule is CN(C)c1ccc(-n2nnc(C(=O)O)c2C2CC2)cc1. The van der Waals surface area contributed by atoms with E-state index in [4.69, 9.17) is 0 Å². The number of aromatic carboxylic acids is 1. The Morgan fingerprint density at radius 2 is 1.95 bits per heavy atom. The summed E-state index contributed by atoms with van der Waals surface area (Å²) in [7, 11) is 3.95. The molecule has 0 unspecified atom stereocenters. The summed E-state index contributed by atoms with van der Waals surface area (Å²) in [6, 6.07) is 7.82. The summed E-state index contributed by atoms with van der Waals surface area (Å²) in [5.41, 5.74) is 2.72. The Morgan fingerprint density at radius 3 is 2.45 bits per heavy atom. The number of anilines is 1. The van der Waals surface area contributed by atoms with E-state index >= 15 is 0 Å². The van der Waals surface area contributed by atoms with Crippen LogP contribution >= 0.6 is 0 Å². The Hall–Kier alpha value is -2.37. The van der Waals surface area contributed by atoms with Crippen molar-refractivity contribution in [3.8, 4) is 5.69 Å². The van der Waals surface area contributed by atoms with Gasteiger partial charge in [-0.1, -0.05) is 5.21 Å². The molecule has 104 valence electrons. The number of hydrogen-bond donors (Lipinski definition) is 1. The number of benzene rings is 1. The Bertz CT molecular complexity index is 642. The highest BCUT2D eigenvalue weighted by atomic mass is 16.4. The third-order valence-corrected chi connectivity index (χ3v) is 3.48. The van der Waals surface area contributed by atoms with Crippen LogP contribution in [0.4, 0.5) is 5.69 Å². The van der Waals surface area contributed by atoms with Crippen molar-refractivity contribution in [1.29, 1.82) is 0 Å². The summed E-state index contributed by atoms with van der Waals surface area (Å²) in [6.07, 6.45) is 2.01. The van der Waals surface area contributed by atoms with Crippen molar-refractivity contribution in [2.45, 2.75) is 18.8 Å². The van der Waals surface area contributed by atoms with Crippen LogP contribution < -0.4 is 4.90 Å². The topological polar surface area (TPSA) is 71.2 Å². The van der Waals surface area contributed by atoms with Crippen molar-refractivity contribution in [1.82, 2.24) is 15.0 Å². The lowest BCUT2D eigenvalue weighted by Gasteiger charge is -2.13. The van der Waals surface area contributed by atoms with Gasteiger partial charge < -0.3 is 10.0 Å². The van der Waals surface area contributed by atoms with E-state index in [1.807, 2.05) is 43.3 Å². The van der Waals surface area contributed by atoms with Crippen molar-refractivity contribution in [3.05, 3.63) is 35.7 Å². The van der Waals surface area contributed by atoms with Gasteiger partial charge in [0, 0.05) is 25.7 Å². The minimum Gasteiger partial charge on any atom is -0.476 e. The molecular weight excluding hydrogens is 256 g/mol. The van der Waals surface area contributed by atoms with E-state index in [-0.39, 0.29) is 11.6 Å². The lowest BCUT2D eigenvalue weighted by Crippen LogP contribution is -2.09. The van der Waals surface area contributed by atoms with Crippen LogP contribution in [0, 0.1) is 0 Å². The standard InChI is InChI=1S/C14H16N4O2/c1-17(2)10-5-7-11(8-6-10)18-13(9-3-4-9)12(14(19)20)15-16-18/h5-9H,3-4H2,1-2H3,(H,19,20). The van der Waals surface area contributed by atoms with Gasteiger partial charge in [-0.05, 0) is 37.1 Å². The summed E-state index contributed by atoms with van der Waals surface area (Å²) in [5, 5.41) is 17.0. The molecule has 0 radical (unpaired) electrons. The van der Waals surface area contributed by atoms with Crippen molar-refractivity contribution in [3.63, 3.8) is 0 Å². The molecule has 1 fully saturated rings. The van der Waals surface area contributed by atoms with Gasteiger partial charge in [-0.25, -0.2) is 9.48 Å². The van der Waals surface area contributed by atoms with Crippen LogP contribution in [0.2, 0.25) is 0 Å². The largest absolute Gasteiger partial charge is 0.476 e. The summed E-state index contributed by atoms with van der Waals surface area (Å²) < 4.78 is 1.65. The van der Waals surface area contributed by atoms with Crippen LogP contribution in [-0.2, 0) is 0 Å². The fraction of sp³-hybridized carbons (Fsp3) is 0.357. The number of nitrogens with zero attached hydrogens (tertiary/aromatic N) is 4. The van der Waals surface area contributed by atoms with E-state index in [0.717, 1.165) is 29.9 Å². The molecule has 2 aromatic rings. The minimum atomic E-state index is -1.01. The normalized spacial score (nSPS) is 14.3. The third-order valence-electron chi connectivity index (χ3n) is 3.48. The highest BCUT2D eigenvalue weighted by molar-refractivity contribution is 5.87. The first kappa shape index (κ1) is 12.7. The summed E-state index contributed by atoms with van der Waals surface area (Å²) in [5.74, 6) is -0.743. The van der Waals surface area contributed by atoms with E-state index in [0.29, 0.717) is 0 Å². The van der Waals surface area contributed by atoms with Crippen LogP contribution in [-0.4, -0.2) is 40.2 Å². The zero-order valence-corrected chi connectivity index (χ0v) is 11.4. The van der Waals surface area contributed by atoms with E-state index in [1.54, 1.807) is 4.68 Å². The molecule has 1 aromatic carbocycles. The number of aromatic nitrogens is 3. The highest BCUT2D eigenvalue weighted by Gasteiger charge is 2.34. The predicted octanol–water partition coefficient (Wildman–Crippen LogP) is 1.91. The molecule has 1 aromatic heterocycles. The second-order valence-electron chi connectivity index (χ2n) is 5.23. The first-order chi connectivity index (χ1) is 9.58. The van der Waals surface area contributed by atoms with Gasteiger partial charge in [0.25, 0.3) is 0 Å². The Kier molecular flexibility index (Phi) is 2.93. The number of carbonyl (C=O) groups is 1. The lowest BCUT2D eigenvalue weighted by atomic mass is 10.2. The van der Waals surface area contributed by atoms with Gasteiger partial charge in [0.05, 0.1) is 11.4 Å². The molecule has 0 saturated heterocycles. The average molecular weight is 272 g/mol. The van der Waals surface area contributed by atoms with Gasteiger partial charge >= 0.3 is 5.97 Å². The molecule has 6 nitrogen and oxygen atoms in total. The molecule has 3 rings (SSSR count). The molecule has 0 spiro atoms. The summed E-state index contributed by atoms with van der Waals surface area (Å²) in [6.45, 7) is 0. The minimum absolute atomic E-state index is 0.0733. The first-order valence-electron chi connectivity index (χ1n) is 6.54. The molecule has 0 amide bonds. The molecule has 0 bridgehead atoms. The Morgan fingerprint density at radius 1 is 1.30 bits per heavy atom. The van der Waals surface area contributed by atoms with Crippen molar-refractivity contribution in [2.75, 3.05) is 19.0 Å². The van der Waals surface area contributed by atoms with Gasteiger partial charge in [-0.2, -0.15) is 0 Å². The monoisotopic (exact) mass is 272 g/mol. The van der Waals surface area contributed by atoms with Gasteiger partial charge in [0.2, 0.25) is 0 Å². The molecule has 20 heavy (non-hydrogen) atoms. The van der Waals surface area contributed by atoms with Gasteiger partial charge in [0.1, 0.15) is 0 Å². The molecular formula is C14H16N4O2. The van der Waals surface area contributed by atoms with Gasteiger partial charge in [-0.15, -0.1) is 5.10 Å². The number of rotatable bonds is 4. The van der Waals surface area contributed by atoms with Crippen LogP contribution in [0.15, 0.2) is 24.3 Å². The zero-order valence-electron chi connectivity index (χ0n) is 11.4. The second kappa shape index (κ2) is 4.63. The van der Waals surface area contributed by atoms with E-state index in [1.165, 1.54) is 0 Å². The van der Waals surface area contributed by atoms with Crippen LogP contribution in [0.5, 0.6) is 0 Å². The molecule has 1 aliphatic carbocycles. The first-order valence-corrected chi connectivity index (χ1v) is 6.54. The fourth-order valence-corrected chi connectivity index (χ4v) is 2.25. The molecule has 0 aliphatic heterocycles. The molecule has 6 heteroatoms. The predicted molar refractivity (Wildman–Crippen MR) is 74.6 cm³/mol. The molecule has 1 heterocycles. The van der Waals surface area contributed by atoms with Gasteiger partial charge in [0.15, 0.2) is 5.69 Å². The Balaban J connectivity index is 2.03. The smallest absolute Gasteiger partial charge is 0.358 e. The molecule has 1 N–H and O–H groups in total. The molecule has 0 atom stereocenters. The van der Waals surface area contributed by atoms with Crippen molar-refractivity contribution in [2.24, 2.45) is 0 Å². The van der Waals surface area contributed by atoms with E-state index in [2.05, 4.69) is 10.3 Å². The summed E-state index contributed by atoms with van der Waals surface area (Å²) >= 11 is 0. The Labute approximate surface area is 116 Å². The maximum Gasteiger partial charge on any atom is 0.358 e. The molecule has 1 saturated carbocycles. The fourth-order valence-electron chi connectivity index (χ4n) is 2.25. The third kappa shape index (κ3) is 2.13. The number of carboxylic acid groups (broad SMARTS) is 1. The van der Waals surface area contributed by atoms with Crippen LogP contribution in [0.3, 0.4) is 0 Å². The van der Waals surface area contributed by atoms with Crippen molar-refractivity contribution >= 4 is 11.7 Å². The number of hydrogen-bond acceptors (Lipinski definition) is 4.